The molecule has 0 amide bonds. The van der Waals surface area contributed by atoms with Crippen molar-refractivity contribution in [2.45, 2.75) is 13.0 Å². The molecule has 2 heterocycles. The van der Waals surface area contributed by atoms with E-state index >= 15 is 0 Å². The number of thiazole rings is 1. The minimum Gasteiger partial charge on any atom is -0.502 e. The number of carbonyl (C=O) groups excluding carboxylic acids is 1. The van der Waals surface area contributed by atoms with Crippen LogP contribution in [0.5, 0.6) is 23.0 Å². The maximum absolute atomic E-state index is 14.0. The van der Waals surface area contributed by atoms with Crippen LogP contribution in [-0.2, 0) is 9.53 Å². The van der Waals surface area contributed by atoms with Crippen LogP contribution in [0.4, 0.5) is 0 Å². The molecule has 41 heavy (non-hydrogen) atoms. The van der Waals surface area contributed by atoms with Gasteiger partial charge in [0, 0.05) is 5.56 Å². The molecule has 210 valence electrons. The van der Waals surface area contributed by atoms with Crippen molar-refractivity contribution in [2.24, 2.45) is 4.99 Å². The molecule has 0 fully saturated rings. The van der Waals surface area contributed by atoms with Gasteiger partial charge in [0.15, 0.2) is 16.3 Å². The van der Waals surface area contributed by atoms with E-state index in [1.54, 1.807) is 44.4 Å². The van der Waals surface area contributed by atoms with Crippen molar-refractivity contribution < 1.29 is 28.8 Å². The zero-order chi connectivity index (χ0) is 29.1. The number of phenols is 1. The lowest BCUT2D eigenvalue weighted by atomic mass is 9.93. The number of phenolic OH excluding ortho intramolecular Hbond substituents is 1. The number of ether oxygens (including phenoxy) is 4. The standard InChI is InChI=1S/C31H28N2O7S/c1-5-40-30(36)25-26(19-9-7-6-8-10-19)32-31-33(27(25)20-11-13-21(37-2)14-12-20)29(35)24(41-31)17-18-15-22(38-3)28(34)23(16-18)39-4/h6-17,27,34H,5H2,1-4H3/b24-17+/t27-/m1/s1. The molecule has 0 saturated heterocycles. The van der Waals surface area contributed by atoms with Crippen LogP contribution in [0.15, 0.2) is 82.1 Å². The molecule has 1 atom stereocenters. The number of benzene rings is 3. The first-order valence-corrected chi connectivity index (χ1v) is 13.6. The van der Waals surface area contributed by atoms with Gasteiger partial charge in [0.1, 0.15) is 5.75 Å². The second-order valence-electron chi connectivity index (χ2n) is 8.98. The summed E-state index contributed by atoms with van der Waals surface area (Å²) in [6.45, 7) is 1.90. The van der Waals surface area contributed by atoms with Crippen LogP contribution in [0.25, 0.3) is 11.8 Å². The number of hydrogen-bond donors (Lipinski definition) is 1. The molecule has 1 N–H and O–H groups in total. The second-order valence-corrected chi connectivity index (χ2v) is 9.99. The molecular formula is C31H28N2O7S. The van der Waals surface area contributed by atoms with Gasteiger partial charge in [-0.1, -0.05) is 53.8 Å². The van der Waals surface area contributed by atoms with Crippen molar-refractivity contribution in [3.63, 3.8) is 0 Å². The summed E-state index contributed by atoms with van der Waals surface area (Å²) in [5.41, 5.74) is 2.35. The van der Waals surface area contributed by atoms with Gasteiger partial charge in [-0.2, -0.15) is 0 Å². The van der Waals surface area contributed by atoms with Crippen molar-refractivity contribution in [1.82, 2.24) is 4.57 Å². The Bertz CT molecular complexity index is 1780. The summed E-state index contributed by atoms with van der Waals surface area (Å²) in [6, 6.07) is 19.0. The molecule has 4 aromatic rings. The normalized spacial score (nSPS) is 14.7. The molecule has 10 heteroatoms. The van der Waals surface area contributed by atoms with Gasteiger partial charge in [-0.05, 0) is 48.4 Å². The van der Waals surface area contributed by atoms with Crippen molar-refractivity contribution >= 4 is 29.1 Å². The fourth-order valence-corrected chi connectivity index (χ4v) is 5.69. The Balaban J connectivity index is 1.81. The smallest absolute Gasteiger partial charge is 0.338 e. The summed E-state index contributed by atoms with van der Waals surface area (Å²) in [7, 11) is 4.44. The summed E-state index contributed by atoms with van der Waals surface area (Å²) in [4.78, 5) is 32.8. The van der Waals surface area contributed by atoms with Crippen LogP contribution in [-0.4, -0.2) is 43.6 Å². The third kappa shape index (κ3) is 5.21. The minimum absolute atomic E-state index is 0.139. The number of methoxy groups -OCH3 is 3. The number of fused-ring (bicyclic) bond motifs is 1. The van der Waals surface area contributed by atoms with E-state index in [-0.39, 0.29) is 35.0 Å². The Morgan fingerprint density at radius 3 is 2.24 bits per heavy atom. The molecule has 1 aliphatic rings. The number of nitrogens with zero attached hydrogens (tertiary/aromatic N) is 2. The fourth-order valence-electron chi connectivity index (χ4n) is 4.69. The third-order valence-corrected chi connectivity index (χ3v) is 7.59. The number of hydrogen-bond acceptors (Lipinski definition) is 9. The summed E-state index contributed by atoms with van der Waals surface area (Å²) in [6.07, 6.45) is 1.68. The Hall–Kier alpha value is -4.83. The Labute approximate surface area is 239 Å². The predicted molar refractivity (Wildman–Crippen MR) is 155 cm³/mol. The fraction of sp³-hybridized carbons (Fsp3) is 0.194. The van der Waals surface area contributed by atoms with E-state index in [1.165, 1.54) is 30.1 Å². The lowest BCUT2D eigenvalue weighted by Crippen LogP contribution is -2.40. The first-order chi connectivity index (χ1) is 19.9. The second kappa shape index (κ2) is 11.7. The number of carbonyl (C=O) groups is 1. The molecule has 0 bridgehead atoms. The van der Waals surface area contributed by atoms with Crippen LogP contribution in [0.1, 0.15) is 29.7 Å². The number of aromatic nitrogens is 1. The first-order valence-electron chi connectivity index (χ1n) is 12.8. The molecule has 5 rings (SSSR count). The molecule has 3 aromatic carbocycles. The van der Waals surface area contributed by atoms with Gasteiger partial charge in [-0.3, -0.25) is 9.36 Å². The first kappa shape index (κ1) is 27.7. The highest BCUT2D eigenvalue weighted by Crippen LogP contribution is 2.38. The van der Waals surface area contributed by atoms with Gasteiger partial charge in [0.25, 0.3) is 5.56 Å². The zero-order valence-corrected chi connectivity index (χ0v) is 23.7. The summed E-state index contributed by atoms with van der Waals surface area (Å²) in [5.74, 6) is 0.352. The van der Waals surface area contributed by atoms with Crippen LogP contribution >= 0.6 is 11.3 Å². The highest BCUT2D eigenvalue weighted by Gasteiger charge is 2.35. The van der Waals surface area contributed by atoms with E-state index in [2.05, 4.69) is 0 Å². The summed E-state index contributed by atoms with van der Waals surface area (Å²) in [5, 5.41) is 10.3. The monoisotopic (exact) mass is 572 g/mol. The number of esters is 1. The van der Waals surface area contributed by atoms with Gasteiger partial charge in [-0.15, -0.1) is 0 Å². The molecule has 0 spiro atoms. The van der Waals surface area contributed by atoms with Crippen molar-refractivity contribution in [3.05, 3.63) is 109 Å². The molecule has 1 aromatic heterocycles. The average Bonchev–Trinajstić information content (AvgIpc) is 3.31. The molecule has 0 saturated carbocycles. The predicted octanol–water partition coefficient (Wildman–Crippen LogP) is 3.67. The summed E-state index contributed by atoms with van der Waals surface area (Å²) < 4.78 is 23.3. The molecule has 0 aliphatic carbocycles. The van der Waals surface area contributed by atoms with Crippen molar-refractivity contribution in [2.75, 3.05) is 27.9 Å². The van der Waals surface area contributed by atoms with Gasteiger partial charge in [0.05, 0.1) is 49.8 Å². The van der Waals surface area contributed by atoms with E-state index in [0.717, 1.165) is 5.56 Å². The van der Waals surface area contributed by atoms with Gasteiger partial charge >= 0.3 is 5.97 Å². The quantitative estimate of drug-likeness (QED) is 0.321. The van der Waals surface area contributed by atoms with E-state index in [1.807, 2.05) is 42.5 Å². The van der Waals surface area contributed by atoms with E-state index in [9.17, 15) is 14.7 Å². The highest BCUT2D eigenvalue weighted by atomic mass is 32.1. The molecule has 0 radical (unpaired) electrons. The zero-order valence-electron chi connectivity index (χ0n) is 22.9. The molecule has 0 unspecified atom stereocenters. The summed E-state index contributed by atoms with van der Waals surface area (Å²) >= 11 is 1.19. The van der Waals surface area contributed by atoms with Crippen LogP contribution in [0.3, 0.4) is 0 Å². The lowest BCUT2D eigenvalue weighted by molar-refractivity contribution is -0.138. The highest BCUT2D eigenvalue weighted by molar-refractivity contribution is 7.07. The number of rotatable bonds is 8. The number of aromatic hydroxyl groups is 1. The SMILES string of the molecule is CCOC(=O)C1=C(c2ccccc2)N=c2s/c(=C/c3cc(OC)c(O)c(OC)c3)c(=O)n2[C@@H]1c1ccc(OC)cc1. The molecular weight excluding hydrogens is 544 g/mol. The average molecular weight is 573 g/mol. The Morgan fingerprint density at radius 1 is 1.00 bits per heavy atom. The van der Waals surface area contributed by atoms with E-state index in [4.69, 9.17) is 23.9 Å². The van der Waals surface area contributed by atoms with Crippen LogP contribution in [0, 0.1) is 0 Å². The molecule has 1 aliphatic heterocycles. The van der Waals surface area contributed by atoms with Gasteiger partial charge < -0.3 is 24.1 Å². The van der Waals surface area contributed by atoms with Crippen molar-refractivity contribution in [1.29, 1.82) is 0 Å². The topological polar surface area (TPSA) is 109 Å². The Morgan fingerprint density at radius 2 is 1.66 bits per heavy atom. The maximum Gasteiger partial charge on any atom is 0.338 e. The van der Waals surface area contributed by atoms with Crippen LogP contribution < -0.4 is 29.1 Å². The van der Waals surface area contributed by atoms with Gasteiger partial charge in [-0.25, -0.2) is 9.79 Å². The Kier molecular flexibility index (Phi) is 7.93. The van der Waals surface area contributed by atoms with E-state index in [0.29, 0.717) is 31.9 Å². The molecule has 9 nitrogen and oxygen atoms in total. The van der Waals surface area contributed by atoms with Gasteiger partial charge in [0.2, 0.25) is 5.75 Å². The van der Waals surface area contributed by atoms with Crippen LogP contribution in [0.2, 0.25) is 0 Å². The lowest BCUT2D eigenvalue weighted by Gasteiger charge is -2.26. The maximum atomic E-state index is 14.0. The largest absolute Gasteiger partial charge is 0.502 e. The van der Waals surface area contributed by atoms with E-state index < -0.39 is 12.0 Å². The third-order valence-electron chi connectivity index (χ3n) is 6.61. The minimum atomic E-state index is -0.808. The van der Waals surface area contributed by atoms with Crippen molar-refractivity contribution in [3.8, 4) is 23.0 Å².